The van der Waals surface area contributed by atoms with Crippen LogP contribution in [-0.4, -0.2) is 18.7 Å². The number of nitrogens with zero attached hydrogens (tertiary/aromatic N) is 3. The minimum atomic E-state index is -4.61. The fourth-order valence-corrected chi connectivity index (χ4v) is 2.87. The van der Waals surface area contributed by atoms with E-state index in [0.29, 0.717) is 10.8 Å². The molecule has 132 valence electrons. The highest BCUT2D eigenvalue weighted by molar-refractivity contribution is 7.86. The summed E-state index contributed by atoms with van der Waals surface area (Å²) in [5.74, 6) is 0.217. The lowest BCUT2D eigenvalue weighted by Crippen LogP contribution is -2.03. The molecule has 0 aliphatic rings. The van der Waals surface area contributed by atoms with E-state index in [9.17, 15) is 13.0 Å². The van der Waals surface area contributed by atoms with Gasteiger partial charge in [-0.05, 0) is 30.3 Å². The van der Waals surface area contributed by atoms with Gasteiger partial charge in [0.25, 0.3) is 10.1 Å². The molecule has 2 N–H and O–H groups in total. The number of halogens is 2. The van der Waals surface area contributed by atoms with Crippen LogP contribution in [0.25, 0.3) is 0 Å². The van der Waals surface area contributed by atoms with Crippen molar-refractivity contribution in [2.45, 2.75) is 4.90 Å². The van der Waals surface area contributed by atoms with Crippen LogP contribution in [0.15, 0.2) is 46.4 Å². The van der Waals surface area contributed by atoms with Crippen LogP contribution in [0.5, 0.6) is 11.5 Å². The smallest absolute Gasteiger partial charge is 0.296 e. The third-order valence-corrected chi connectivity index (χ3v) is 4.42. The molecule has 0 unspecified atom stereocenters. The molecule has 11 heteroatoms. The summed E-state index contributed by atoms with van der Waals surface area (Å²) in [5.41, 5.74) is 1.98. The van der Waals surface area contributed by atoms with Crippen LogP contribution in [0.2, 0.25) is 10.0 Å². The molecule has 0 aliphatic carbocycles. The van der Waals surface area contributed by atoms with Gasteiger partial charge in [-0.1, -0.05) is 23.2 Å². The molecule has 0 atom stereocenters. The van der Waals surface area contributed by atoms with Crippen molar-refractivity contribution in [3.8, 4) is 23.6 Å². The fraction of sp³-hybridized carbons (Fsp3) is 0. The van der Waals surface area contributed by atoms with Gasteiger partial charge in [0.2, 0.25) is 5.71 Å². The number of hydrogen-bond acceptors (Lipinski definition) is 7. The Bertz CT molecular complexity index is 1040. The number of rotatable bonds is 5. The zero-order chi connectivity index (χ0) is 19.3. The maximum Gasteiger partial charge on any atom is 0.296 e. The van der Waals surface area contributed by atoms with E-state index in [2.05, 4.69) is 10.5 Å². The molecule has 0 fully saturated rings. The van der Waals surface area contributed by atoms with Crippen LogP contribution in [-0.2, 0) is 10.1 Å². The molecule has 0 aromatic heterocycles. The first kappa shape index (κ1) is 19.5. The Labute approximate surface area is 158 Å². The first-order chi connectivity index (χ1) is 12.2. The summed E-state index contributed by atoms with van der Waals surface area (Å²) in [5, 5.41) is 21.1. The standard InChI is InChI=1S/C15H8Cl2N4O4S/c16-9-1-3-11(4-2-9)25-14-6-15(26(22,23)24)12(17)5-13(14)21-20-10(7-18)8-19/h1-6,21H,(H,22,23,24). The monoisotopic (exact) mass is 410 g/mol. The van der Waals surface area contributed by atoms with Crippen LogP contribution in [0.4, 0.5) is 5.69 Å². The minimum Gasteiger partial charge on any atom is -0.455 e. The predicted octanol–water partition coefficient (Wildman–Crippen LogP) is 3.85. The van der Waals surface area contributed by atoms with Crippen molar-refractivity contribution in [3.63, 3.8) is 0 Å². The second-order valence-corrected chi connectivity index (χ2v) is 6.84. The molecule has 0 spiro atoms. The first-order valence-corrected chi connectivity index (χ1v) is 8.82. The van der Waals surface area contributed by atoms with E-state index in [1.165, 1.54) is 12.1 Å². The molecular weight excluding hydrogens is 403 g/mol. The van der Waals surface area contributed by atoms with Gasteiger partial charge in [0.05, 0.1) is 5.02 Å². The lowest BCUT2D eigenvalue weighted by molar-refractivity contribution is 0.473. The van der Waals surface area contributed by atoms with Gasteiger partial charge in [-0.2, -0.15) is 24.0 Å². The van der Waals surface area contributed by atoms with Crippen LogP contribution >= 0.6 is 23.2 Å². The Morgan fingerprint density at radius 2 is 1.77 bits per heavy atom. The number of hydrogen-bond donors (Lipinski definition) is 2. The number of benzene rings is 2. The van der Waals surface area contributed by atoms with E-state index >= 15 is 0 Å². The van der Waals surface area contributed by atoms with Crippen molar-refractivity contribution in [3.05, 3.63) is 46.4 Å². The Balaban J connectivity index is 2.53. The van der Waals surface area contributed by atoms with E-state index in [4.69, 9.17) is 38.5 Å². The molecule has 2 rings (SSSR count). The number of ether oxygens (including phenoxy) is 1. The molecule has 26 heavy (non-hydrogen) atoms. The van der Waals surface area contributed by atoms with Crippen molar-refractivity contribution in [1.82, 2.24) is 0 Å². The fourth-order valence-electron chi connectivity index (χ4n) is 1.72. The Morgan fingerprint density at radius 3 is 2.31 bits per heavy atom. The highest BCUT2D eigenvalue weighted by Crippen LogP contribution is 2.36. The van der Waals surface area contributed by atoms with Gasteiger partial charge in [-0.25, -0.2) is 0 Å². The van der Waals surface area contributed by atoms with Crippen molar-refractivity contribution < 1.29 is 17.7 Å². The molecule has 8 nitrogen and oxygen atoms in total. The minimum absolute atomic E-state index is 0.0559. The quantitative estimate of drug-likeness (QED) is 0.433. The molecule has 0 bridgehead atoms. The van der Waals surface area contributed by atoms with Gasteiger partial charge in [-0.3, -0.25) is 9.98 Å². The highest BCUT2D eigenvalue weighted by atomic mass is 35.5. The zero-order valence-electron chi connectivity index (χ0n) is 12.6. The summed E-state index contributed by atoms with van der Waals surface area (Å²) < 4.78 is 37.7. The summed E-state index contributed by atoms with van der Waals surface area (Å²) in [4.78, 5) is -0.585. The van der Waals surface area contributed by atoms with Crippen molar-refractivity contribution in [1.29, 1.82) is 10.5 Å². The number of hydrazone groups is 1. The Hall–Kier alpha value is -2.82. The first-order valence-electron chi connectivity index (χ1n) is 6.63. The maximum atomic E-state index is 11.4. The topological polar surface area (TPSA) is 136 Å². The molecule has 0 saturated carbocycles. The Morgan fingerprint density at radius 1 is 1.15 bits per heavy atom. The van der Waals surface area contributed by atoms with Gasteiger partial charge in [-0.15, -0.1) is 0 Å². The van der Waals surface area contributed by atoms with Gasteiger partial charge >= 0.3 is 0 Å². The molecule has 2 aromatic rings. The van der Waals surface area contributed by atoms with Crippen molar-refractivity contribution in [2.75, 3.05) is 5.43 Å². The summed E-state index contributed by atoms with van der Waals surface area (Å²) in [6.07, 6.45) is 0. The van der Waals surface area contributed by atoms with Crippen molar-refractivity contribution >= 4 is 44.7 Å². The number of nitriles is 2. The third kappa shape index (κ3) is 4.85. The highest BCUT2D eigenvalue weighted by Gasteiger charge is 2.19. The van der Waals surface area contributed by atoms with E-state index in [1.54, 1.807) is 24.3 Å². The van der Waals surface area contributed by atoms with Gasteiger partial charge < -0.3 is 4.74 Å². The van der Waals surface area contributed by atoms with E-state index in [0.717, 1.165) is 12.1 Å². The van der Waals surface area contributed by atoms with Crippen molar-refractivity contribution in [2.24, 2.45) is 5.10 Å². The van der Waals surface area contributed by atoms with Crippen LogP contribution in [0.3, 0.4) is 0 Å². The molecule has 0 heterocycles. The van der Waals surface area contributed by atoms with E-state index in [-0.39, 0.29) is 16.5 Å². The maximum absolute atomic E-state index is 11.4. The molecule has 0 radical (unpaired) electrons. The SMILES string of the molecule is N#CC(C#N)=NNc1cc(Cl)c(S(=O)(=O)O)cc1Oc1ccc(Cl)cc1. The molecule has 0 amide bonds. The average molecular weight is 411 g/mol. The summed E-state index contributed by atoms with van der Waals surface area (Å²) in [6, 6.07) is 11.3. The molecule has 0 aliphatic heterocycles. The summed E-state index contributed by atoms with van der Waals surface area (Å²) >= 11 is 11.7. The molecular formula is C15H8Cl2N4O4S. The van der Waals surface area contributed by atoms with Gasteiger partial charge in [0.1, 0.15) is 28.5 Å². The third-order valence-electron chi connectivity index (χ3n) is 2.85. The second kappa shape index (κ2) is 8.04. The van der Waals surface area contributed by atoms with Crippen LogP contribution in [0.1, 0.15) is 0 Å². The second-order valence-electron chi connectivity index (χ2n) is 4.61. The van der Waals surface area contributed by atoms with Gasteiger partial charge in [0.15, 0.2) is 5.75 Å². The summed E-state index contributed by atoms with van der Waals surface area (Å²) in [7, 11) is -4.61. The van der Waals surface area contributed by atoms with Gasteiger partial charge in [0, 0.05) is 11.1 Å². The van der Waals surface area contributed by atoms with E-state index < -0.39 is 20.7 Å². The lowest BCUT2D eigenvalue weighted by atomic mass is 10.3. The number of anilines is 1. The number of nitrogens with one attached hydrogen (secondary N) is 1. The summed E-state index contributed by atoms with van der Waals surface area (Å²) in [6.45, 7) is 0. The Kier molecular flexibility index (Phi) is 6.03. The normalized spacial score (nSPS) is 10.3. The largest absolute Gasteiger partial charge is 0.455 e. The average Bonchev–Trinajstić information content (AvgIpc) is 2.58. The van der Waals surface area contributed by atoms with Crippen LogP contribution in [0, 0.1) is 22.7 Å². The zero-order valence-corrected chi connectivity index (χ0v) is 15.0. The van der Waals surface area contributed by atoms with E-state index in [1.807, 2.05) is 0 Å². The van der Waals surface area contributed by atoms with Crippen LogP contribution < -0.4 is 10.2 Å². The predicted molar refractivity (Wildman–Crippen MR) is 95.1 cm³/mol. The molecule has 2 aromatic carbocycles. The lowest BCUT2D eigenvalue weighted by Gasteiger charge is -2.13. The molecule has 0 saturated heterocycles.